The molecule has 2 amide bonds. The maximum absolute atomic E-state index is 13.0. The van der Waals surface area contributed by atoms with Crippen molar-refractivity contribution < 1.29 is 9.59 Å². The predicted molar refractivity (Wildman–Crippen MR) is 108 cm³/mol. The Morgan fingerprint density at radius 2 is 2.04 bits per heavy atom. The number of piperidine rings is 1. The first kappa shape index (κ1) is 18.7. The standard InChI is InChI=1S/C22H28N4O2/c1-15(2)13-21(27)25-11-6-5-9-20(25)17-14-18(24-23-17)22(28)26-12-10-16-7-3-4-8-19(16)26/h3-4,7-8,14-15,20H,5-6,9-13H2,1-2H3,(H,23,24). The van der Waals surface area contributed by atoms with Gasteiger partial charge in [-0.25, -0.2) is 0 Å². The minimum absolute atomic E-state index is 0.0140. The molecule has 0 radical (unpaired) electrons. The Kier molecular flexibility index (Phi) is 5.20. The van der Waals surface area contributed by atoms with Crippen LogP contribution in [0.3, 0.4) is 0 Å². The number of carbonyl (C=O) groups is 2. The average Bonchev–Trinajstić information content (AvgIpc) is 3.34. The van der Waals surface area contributed by atoms with Crippen LogP contribution in [0.4, 0.5) is 5.69 Å². The number of hydrogen-bond donors (Lipinski definition) is 1. The fraction of sp³-hybridized carbons (Fsp3) is 0.500. The Labute approximate surface area is 165 Å². The molecule has 1 aromatic carbocycles. The first-order chi connectivity index (χ1) is 13.5. The van der Waals surface area contributed by atoms with E-state index in [1.54, 1.807) is 4.90 Å². The van der Waals surface area contributed by atoms with Gasteiger partial charge in [-0.3, -0.25) is 14.7 Å². The first-order valence-corrected chi connectivity index (χ1v) is 10.3. The summed E-state index contributed by atoms with van der Waals surface area (Å²) < 4.78 is 0. The summed E-state index contributed by atoms with van der Waals surface area (Å²) in [6.07, 6.45) is 4.45. The molecule has 2 aliphatic rings. The molecule has 1 saturated heterocycles. The number of carbonyl (C=O) groups excluding carboxylic acids is 2. The van der Waals surface area contributed by atoms with Crippen LogP contribution in [0.15, 0.2) is 30.3 Å². The maximum Gasteiger partial charge on any atom is 0.278 e. The monoisotopic (exact) mass is 380 g/mol. The van der Waals surface area contributed by atoms with E-state index < -0.39 is 0 Å². The number of aromatic nitrogens is 2. The second-order valence-electron chi connectivity index (χ2n) is 8.24. The summed E-state index contributed by atoms with van der Waals surface area (Å²) >= 11 is 0. The van der Waals surface area contributed by atoms with Crippen molar-refractivity contribution in [2.75, 3.05) is 18.0 Å². The summed E-state index contributed by atoms with van der Waals surface area (Å²) in [5.74, 6) is 0.447. The van der Waals surface area contributed by atoms with Gasteiger partial charge in [0.2, 0.25) is 5.91 Å². The van der Waals surface area contributed by atoms with Gasteiger partial charge in [-0.15, -0.1) is 0 Å². The molecule has 6 nitrogen and oxygen atoms in total. The van der Waals surface area contributed by atoms with E-state index in [-0.39, 0.29) is 17.9 Å². The van der Waals surface area contributed by atoms with Gasteiger partial charge < -0.3 is 9.80 Å². The van der Waals surface area contributed by atoms with Crippen molar-refractivity contribution in [1.29, 1.82) is 0 Å². The number of hydrogen-bond acceptors (Lipinski definition) is 3. The second kappa shape index (κ2) is 7.78. The van der Waals surface area contributed by atoms with E-state index in [4.69, 9.17) is 0 Å². The Hall–Kier alpha value is -2.63. The van der Waals surface area contributed by atoms with Crippen LogP contribution < -0.4 is 4.90 Å². The molecule has 0 bridgehead atoms. The van der Waals surface area contributed by atoms with Gasteiger partial charge in [0, 0.05) is 25.2 Å². The third kappa shape index (κ3) is 3.55. The molecule has 1 fully saturated rings. The average molecular weight is 380 g/mol. The van der Waals surface area contributed by atoms with E-state index in [9.17, 15) is 9.59 Å². The Bertz CT molecular complexity index is 873. The van der Waals surface area contributed by atoms with Crippen molar-refractivity contribution in [1.82, 2.24) is 15.1 Å². The predicted octanol–water partition coefficient (Wildman–Crippen LogP) is 3.71. The molecule has 3 heterocycles. The minimum Gasteiger partial charge on any atom is -0.334 e. The number of nitrogens with one attached hydrogen (secondary N) is 1. The van der Waals surface area contributed by atoms with Gasteiger partial charge in [-0.2, -0.15) is 5.10 Å². The number of para-hydroxylation sites is 1. The highest BCUT2D eigenvalue weighted by Crippen LogP contribution is 2.32. The van der Waals surface area contributed by atoms with Crippen LogP contribution in [0.5, 0.6) is 0 Å². The van der Waals surface area contributed by atoms with E-state index in [2.05, 4.69) is 30.1 Å². The molecule has 2 aromatic rings. The molecule has 2 aliphatic heterocycles. The highest BCUT2D eigenvalue weighted by Gasteiger charge is 2.31. The molecule has 6 heteroatoms. The van der Waals surface area contributed by atoms with E-state index in [1.807, 2.05) is 29.2 Å². The lowest BCUT2D eigenvalue weighted by Gasteiger charge is -2.35. The summed E-state index contributed by atoms with van der Waals surface area (Å²) in [6, 6.07) is 9.85. The lowest BCUT2D eigenvalue weighted by Crippen LogP contribution is -2.39. The van der Waals surface area contributed by atoms with E-state index in [1.165, 1.54) is 5.56 Å². The second-order valence-corrected chi connectivity index (χ2v) is 8.24. The van der Waals surface area contributed by atoms with Crippen molar-refractivity contribution in [3.05, 3.63) is 47.3 Å². The Morgan fingerprint density at radius 1 is 1.21 bits per heavy atom. The van der Waals surface area contributed by atoms with Crippen LogP contribution in [0.25, 0.3) is 0 Å². The Morgan fingerprint density at radius 3 is 2.86 bits per heavy atom. The summed E-state index contributed by atoms with van der Waals surface area (Å²) in [4.78, 5) is 29.5. The van der Waals surface area contributed by atoms with Crippen LogP contribution in [0.1, 0.15) is 67.3 Å². The molecule has 1 aromatic heterocycles. The quantitative estimate of drug-likeness (QED) is 0.879. The lowest BCUT2D eigenvalue weighted by atomic mass is 9.97. The third-order valence-corrected chi connectivity index (χ3v) is 5.71. The van der Waals surface area contributed by atoms with Gasteiger partial charge in [0.15, 0.2) is 5.69 Å². The topological polar surface area (TPSA) is 69.3 Å². The molecule has 4 rings (SSSR count). The fourth-order valence-corrected chi connectivity index (χ4v) is 4.32. The van der Waals surface area contributed by atoms with Crippen LogP contribution in [-0.2, 0) is 11.2 Å². The van der Waals surface area contributed by atoms with Gasteiger partial charge in [0.25, 0.3) is 5.91 Å². The normalized spacial score (nSPS) is 19.2. The highest BCUT2D eigenvalue weighted by atomic mass is 16.2. The summed E-state index contributed by atoms with van der Waals surface area (Å²) in [6.45, 7) is 5.59. The van der Waals surface area contributed by atoms with Crippen molar-refractivity contribution in [3.63, 3.8) is 0 Å². The molecule has 0 saturated carbocycles. The van der Waals surface area contributed by atoms with Gasteiger partial charge in [-0.05, 0) is 49.3 Å². The molecule has 148 valence electrons. The molecule has 28 heavy (non-hydrogen) atoms. The molecule has 1 atom stereocenters. The van der Waals surface area contributed by atoms with Crippen LogP contribution in [0.2, 0.25) is 0 Å². The SMILES string of the molecule is CC(C)CC(=O)N1CCCCC1c1cc(C(=O)N2CCc3ccccc32)n[nH]1. The summed E-state index contributed by atoms with van der Waals surface area (Å²) in [5.41, 5.74) is 3.47. The zero-order valence-electron chi connectivity index (χ0n) is 16.6. The number of fused-ring (bicyclic) bond motifs is 1. The smallest absolute Gasteiger partial charge is 0.278 e. The van der Waals surface area contributed by atoms with Gasteiger partial charge in [-0.1, -0.05) is 32.0 Å². The number of benzene rings is 1. The van der Waals surface area contributed by atoms with Crippen molar-refractivity contribution in [2.45, 2.75) is 52.0 Å². The van der Waals surface area contributed by atoms with Crippen LogP contribution >= 0.6 is 0 Å². The van der Waals surface area contributed by atoms with Crippen molar-refractivity contribution >= 4 is 17.5 Å². The summed E-state index contributed by atoms with van der Waals surface area (Å²) in [5, 5.41) is 7.36. The fourth-order valence-electron chi connectivity index (χ4n) is 4.32. The van der Waals surface area contributed by atoms with E-state index in [0.717, 1.165) is 43.6 Å². The van der Waals surface area contributed by atoms with Crippen LogP contribution in [-0.4, -0.2) is 40.0 Å². The number of aromatic amines is 1. The van der Waals surface area contributed by atoms with Gasteiger partial charge >= 0.3 is 0 Å². The minimum atomic E-state index is -0.0803. The Balaban J connectivity index is 1.53. The van der Waals surface area contributed by atoms with Crippen LogP contribution in [0, 0.1) is 5.92 Å². The summed E-state index contributed by atoms with van der Waals surface area (Å²) in [7, 11) is 0. The van der Waals surface area contributed by atoms with E-state index in [0.29, 0.717) is 24.6 Å². The molecule has 1 unspecified atom stereocenters. The maximum atomic E-state index is 13.0. The zero-order chi connectivity index (χ0) is 19.7. The molecule has 0 aliphatic carbocycles. The zero-order valence-corrected chi connectivity index (χ0v) is 16.6. The highest BCUT2D eigenvalue weighted by molar-refractivity contribution is 6.06. The number of amides is 2. The molecular formula is C22H28N4O2. The van der Waals surface area contributed by atoms with Gasteiger partial charge in [0.1, 0.15) is 0 Å². The van der Waals surface area contributed by atoms with Crippen molar-refractivity contribution in [3.8, 4) is 0 Å². The molecule has 0 spiro atoms. The van der Waals surface area contributed by atoms with Crippen molar-refractivity contribution in [2.24, 2.45) is 5.92 Å². The number of nitrogens with zero attached hydrogens (tertiary/aromatic N) is 3. The third-order valence-electron chi connectivity index (χ3n) is 5.71. The number of anilines is 1. The number of rotatable bonds is 4. The largest absolute Gasteiger partial charge is 0.334 e. The lowest BCUT2D eigenvalue weighted by molar-refractivity contribution is -0.136. The first-order valence-electron chi connectivity index (χ1n) is 10.3. The number of likely N-dealkylation sites (tertiary alicyclic amines) is 1. The van der Waals surface area contributed by atoms with Gasteiger partial charge in [0.05, 0.1) is 11.7 Å². The number of H-pyrrole nitrogens is 1. The molecule has 1 N–H and O–H groups in total. The van der Waals surface area contributed by atoms with E-state index >= 15 is 0 Å². The molecular weight excluding hydrogens is 352 g/mol.